The van der Waals surface area contributed by atoms with Crippen LogP contribution in [0, 0.1) is 0 Å². The lowest BCUT2D eigenvalue weighted by molar-refractivity contribution is 0.767. The van der Waals surface area contributed by atoms with E-state index in [0.717, 1.165) is 18.8 Å². The lowest BCUT2D eigenvalue weighted by Gasteiger charge is -2.07. The number of nitrogens with one attached hydrogen (secondary N) is 1. The van der Waals surface area contributed by atoms with Crippen molar-refractivity contribution in [2.45, 2.75) is 13.0 Å². The Morgan fingerprint density at radius 1 is 1.24 bits per heavy atom. The normalized spacial score (nSPS) is 10.5. The van der Waals surface area contributed by atoms with E-state index >= 15 is 0 Å². The monoisotopic (exact) mass is 230 g/mol. The van der Waals surface area contributed by atoms with Crippen molar-refractivity contribution in [3.63, 3.8) is 0 Å². The maximum Gasteiger partial charge on any atom is 0.147 e. The molecule has 0 bridgehead atoms. The highest BCUT2D eigenvalue weighted by atomic mass is 15.3. The number of hydrogen-bond acceptors (Lipinski definition) is 3. The maximum atomic E-state index is 5.70. The van der Waals surface area contributed by atoms with E-state index in [1.807, 2.05) is 25.4 Å². The zero-order chi connectivity index (χ0) is 12.1. The summed E-state index contributed by atoms with van der Waals surface area (Å²) < 4.78 is 1.79. The van der Waals surface area contributed by atoms with E-state index in [-0.39, 0.29) is 0 Å². The van der Waals surface area contributed by atoms with Crippen molar-refractivity contribution in [2.75, 3.05) is 11.9 Å². The van der Waals surface area contributed by atoms with Gasteiger partial charge in [-0.2, -0.15) is 5.10 Å². The van der Waals surface area contributed by atoms with Crippen LogP contribution in [0.2, 0.25) is 0 Å². The van der Waals surface area contributed by atoms with Crippen LogP contribution < -0.4 is 11.1 Å². The first-order chi connectivity index (χ1) is 8.29. The summed E-state index contributed by atoms with van der Waals surface area (Å²) >= 11 is 0. The second-order valence-corrected chi connectivity index (χ2v) is 4.02. The van der Waals surface area contributed by atoms with Crippen molar-refractivity contribution < 1.29 is 0 Å². The minimum atomic E-state index is 0.597. The summed E-state index contributed by atoms with van der Waals surface area (Å²) in [5.74, 6) is 0.915. The lowest BCUT2D eigenvalue weighted by Crippen LogP contribution is -2.09. The third-order valence-corrected chi connectivity index (χ3v) is 2.75. The van der Waals surface area contributed by atoms with Gasteiger partial charge in [0.15, 0.2) is 0 Å². The van der Waals surface area contributed by atoms with E-state index in [1.54, 1.807) is 4.68 Å². The first-order valence-corrected chi connectivity index (χ1v) is 5.80. The molecule has 2 rings (SSSR count). The molecule has 0 unspecified atom stereocenters. The van der Waals surface area contributed by atoms with Crippen molar-refractivity contribution >= 4 is 5.82 Å². The van der Waals surface area contributed by atoms with Gasteiger partial charge in [-0.25, -0.2) is 0 Å². The van der Waals surface area contributed by atoms with Crippen LogP contribution in [-0.4, -0.2) is 16.3 Å². The van der Waals surface area contributed by atoms with Crippen LogP contribution in [0.3, 0.4) is 0 Å². The van der Waals surface area contributed by atoms with Gasteiger partial charge >= 0.3 is 0 Å². The van der Waals surface area contributed by atoms with Crippen LogP contribution in [0.25, 0.3) is 0 Å². The van der Waals surface area contributed by atoms with Gasteiger partial charge in [-0.05, 0) is 17.5 Å². The highest BCUT2D eigenvalue weighted by molar-refractivity contribution is 5.33. The molecule has 0 amide bonds. The number of aromatic nitrogens is 2. The number of rotatable bonds is 5. The first-order valence-electron chi connectivity index (χ1n) is 5.80. The summed E-state index contributed by atoms with van der Waals surface area (Å²) in [6, 6.07) is 10.3. The molecular weight excluding hydrogens is 212 g/mol. The Labute approximate surface area is 101 Å². The zero-order valence-corrected chi connectivity index (χ0v) is 10.1. The van der Waals surface area contributed by atoms with E-state index in [9.17, 15) is 0 Å². The Bertz CT molecular complexity index is 476. The summed E-state index contributed by atoms with van der Waals surface area (Å²) in [6.07, 6.45) is 2.89. The summed E-state index contributed by atoms with van der Waals surface area (Å²) in [6.45, 7) is 1.47. The minimum absolute atomic E-state index is 0.597. The SMILES string of the molecule is Cn1ccc(NCCc2ccccc2CN)n1. The van der Waals surface area contributed by atoms with Gasteiger partial charge in [0.05, 0.1) is 0 Å². The van der Waals surface area contributed by atoms with Crippen molar-refractivity contribution in [1.29, 1.82) is 0 Å². The molecule has 3 N–H and O–H groups in total. The highest BCUT2D eigenvalue weighted by Crippen LogP contribution is 2.09. The van der Waals surface area contributed by atoms with Crippen LogP contribution in [0.4, 0.5) is 5.82 Å². The molecule has 1 aromatic carbocycles. The molecule has 0 saturated carbocycles. The fourth-order valence-corrected chi connectivity index (χ4v) is 1.84. The number of nitrogens with zero attached hydrogens (tertiary/aromatic N) is 2. The zero-order valence-electron chi connectivity index (χ0n) is 10.1. The van der Waals surface area contributed by atoms with Gasteiger partial charge in [0.1, 0.15) is 5.82 Å². The van der Waals surface area contributed by atoms with Crippen LogP contribution in [0.15, 0.2) is 36.5 Å². The summed E-state index contributed by atoms with van der Waals surface area (Å²) in [4.78, 5) is 0. The first kappa shape index (κ1) is 11.7. The second-order valence-electron chi connectivity index (χ2n) is 4.02. The molecule has 0 aliphatic rings. The average Bonchev–Trinajstić information content (AvgIpc) is 2.76. The molecule has 4 nitrogen and oxygen atoms in total. The molecular formula is C13H18N4. The summed E-state index contributed by atoms with van der Waals surface area (Å²) in [7, 11) is 1.91. The summed E-state index contributed by atoms with van der Waals surface area (Å²) in [5.41, 5.74) is 8.22. The number of nitrogens with two attached hydrogens (primary N) is 1. The average molecular weight is 230 g/mol. The molecule has 0 spiro atoms. The van der Waals surface area contributed by atoms with Gasteiger partial charge in [0.2, 0.25) is 0 Å². The molecule has 2 aromatic rings. The Morgan fingerprint density at radius 2 is 2.00 bits per heavy atom. The molecule has 17 heavy (non-hydrogen) atoms. The van der Waals surface area contributed by atoms with E-state index in [4.69, 9.17) is 5.73 Å². The highest BCUT2D eigenvalue weighted by Gasteiger charge is 2.00. The van der Waals surface area contributed by atoms with E-state index < -0.39 is 0 Å². The van der Waals surface area contributed by atoms with Crippen molar-refractivity contribution in [1.82, 2.24) is 9.78 Å². The quantitative estimate of drug-likeness (QED) is 0.819. The molecule has 1 heterocycles. The molecule has 0 fully saturated rings. The molecule has 0 aliphatic heterocycles. The van der Waals surface area contributed by atoms with Gasteiger partial charge in [0.25, 0.3) is 0 Å². The fourth-order valence-electron chi connectivity index (χ4n) is 1.84. The summed E-state index contributed by atoms with van der Waals surface area (Å²) in [5, 5.41) is 7.56. The number of benzene rings is 1. The molecule has 0 radical (unpaired) electrons. The largest absolute Gasteiger partial charge is 0.368 e. The van der Waals surface area contributed by atoms with Crippen LogP contribution >= 0.6 is 0 Å². The van der Waals surface area contributed by atoms with Crippen molar-refractivity contribution in [3.8, 4) is 0 Å². The maximum absolute atomic E-state index is 5.70. The minimum Gasteiger partial charge on any atom is -0.368 e. The number of aryl methyl sites for hydroxylation is 1. The molecule has 0 atom stereocenters. The molecule has 0 aliphatic carbocycles. The standard InChI is InChI=1S/C13H18N4/c1-17-9-7-13(16-17)15-8-6-11-4-2-3-5-12(11)10-14/h2-5,7,9H,6,8,10,14H2,1H3,(H,15,16). The molecule has 0 saturated heterocycles. The molecule has 90 valence electrons. The topological polar surface area (TPSA) is 55.9 Å². The van der Waals surface area contributed by atoms with Gasteiger partial charge in [0, 0.05) is 32.4 Å². The van der Waals surface area contributed by atoms with Gasteiger partial charge in [-0.3, -0.25) is 4.68 Å². The van der Waals surface area contributed by atoms with Crippen LogP contribution in [0.1, 0.15) is 11.1 Å². The van der Waals surface area contributed by atoms with Gasteiger partial charge in [-0.15, -0.1) is 0 Å². The Balaban J connectivity index is 1.89. The fraction of sp³-hybridized carbons (Fsp3) is 0.308. The predicted molar refractivity (Wildman–Crippen MR) is 69.7 cm³/mol. The van der Waals surface area contributed by atoms with E-state index in [1.165, 1.54) is 11.1 Å². The Morgan fingerprint density at radius 3 is 2.65 bits per heavy atom. The van der Waals surface area contributed by atoms with Crippen molar-refractivity contribution in [3.05, 3.63) is 47.7 Å². The Kier molecular flexibility index (Phi) is 3.77. The number of hydrogen-bond donors (Lipinski definition) is 2. The van der Waals surface area contributed by atoms with Crippen molar-refractivity contribution in [2.24, 2.45) is 12.8 Å². The lowest BCUT2D eigenvalue weighted by atomic mass is 10.0. The third-order valence-electron chi connectivity index (χ3n) is 2.75. The molecule has 4 heteroatoms. The van der Waals surface area contributed by atoms with Gasteiger partial charge in [-0.1, -0.05) is 24.3 Å². The van der Waals surface area contributed by atoms with Gasteiger partial charge < -0.3 is 11.1 Å². The smallest absolute Gasteiger partial charge is 0.147 e. The van der Waals surface area contributed by atoms with Crippen LogP contribution in [-0.2, 0) is 20.0 Å². The van der Waals surface area contributed by atoms with Crippen LogP contribution in [0.5, 0.6) is 0 Å². The second kappa shape index (κ2) is 5.50. The predicted octanol–water partition coefficient (Wildman–Crippen LogP) is 1.53. The van der Waals surface area contributed by atoms with E-state index in [2.05, 4.69) is 28.6 Å². The van der Waals surface area contributed by atoms with E-state index in [0.29, 0.717) is 6.54 Å². The third kappa shape index (κ3) is 3.07. The molecule has 1 aromatic heterocycles. The number of anilines is 1. The Hall–Kier alpha value is -1.81.